The number of hydrogen-bond acceptors (Lipinski definition) is 4. The second-order valence-corrected chi connectivity index (χ2v) is 6.94. The first-order valence-corrected chi connectivity index (χ1v) is 9.24. The van der Waals surface area contributed by atoms with Crippen LogP contribution in [-0.2, 0) is 4.79 Å². The van der Waals surface area contributed by atoms with Crippen molar-refractivity contribution in [1.29, 1.82) is 0 Å². The third-order valence-electron chi connectivity index (χ3n) is 4.22. The van der Waals surface area contributed by atoms with E-state index in [4.69, 9.17) is 22.1 Å². The predicted molar refractivity (Wildman–Crippen MR) is 105 cm³/mol. The van der Waals surface area contributed by atoms with Crippen molar-refractivity contribution in [2.24, 2.45) is 10.7 Å². The number of hydrogen-bond donors (Lipinski definition) is 3. The molecule has 0 bridgehead atoms. The van der Waals surface area contributed by atoms with Crippen molar-refractivity contribution >= 4 is 23.5 Å². The number of carbonyl (C=O) groups excluding carboxylic acids is 1. The Morgan fingerprint density at radius 1 is 1.46 bits per heavy atom. The van der Waals surface area contributed by atoms with Crippen LogP contribution in [0.4, 0.5) is 0 Å². The van der Waals surface area contributed by atoms with E-state index < -0.39 is 0 Å². The molecule has 1 unspecified atom stereocenters. The average molecular weight is 382 g/mol. The number of carbonyl (C=O) groups is 1. The van der Waals surface area contributed by atoms with Gasteiger partial charge in [-0.15, -0.1) is 0 Å². The first-order valence-electron chi connectivity index (χ1n) is 8.86. The van der Waals surface area contributed by atoms with Crippen LogP contribution in [0.15, 0.2) is 29.3 Å². The Bertz CT molecular complexity index is 617. The Morgan fingerprint density at radius 3 is 2.81 bits per heavy atom. The molecule has 2 rings (SSSR count). The molecule has 0 spiro atoms. The Kier molecular flexibility index (Phi) is 8.00. The molecule has 0 saturated carbocycles. The van der Waals surface area contributed by atoms with Crippen molar-refractivity contribution in [3.05, 3.63) is 29.3 Å². The molecule has 0 aromatic heterocycles. The lowest BCUT2D eigenvalue weighted by atomic mass is 10.1. The highest BCUT2D eigenvalue weighted by Crippen LogP contribution is 2.18. The molecule has 26 heavy (non-hydrogen) atoms. The molecule has 144 valence electrons. The van der Waals surface area contributed by atoms with E-state index in [1.165, 1.54) is 0 Å². The third-order valence-corrected chi connectivity index (χ3v) is 4.46. The second kappa shape index (κ2) is 10.2. The van der Waals surface area contributed by atoms with Gasteiger partial charge in [0, 0.05) is 31.2 Å². The predicted octanol–water partition coefficient (Wildman–Crippen LogP) is 1.22. The number of piperidine rings is 1. The summed E-state index contributed by atoms with van der Waals surface area (Å²) in [6, 6.07) is 7.69. The molecule has 1 fully saturated rings. The Hall–Kier alpha value is -1.99. The first-order chi connectivity index (χ1) is 12.5. The quantitative estimate of drug-likeness (QED) is 0.488. The number of benzene rings is 1. The van der Waals surface area contributed by atoms with Gasteiger partial charge in [0.05, 0.1) is 13.1 Å². The van der Waals surface area contributed by atoms with Gasteiger partial charge in [-0.25, -0.2) is 0 Å². The fourth-order valence-corrected chi connectivity index (χ4v) is 3.08. The number of primary amides is 1. The number of halogens is 1. The lowest BCUT2D eigenvalue weighted by Gasteiger charge is -2.32. The SMILES string of the molecule is CN=C(NCC(C)Oc1cccc(Cl)c1)NC1CCN(CC(N)=O)CC1. The maximum absolute atomic E-state index is 11.0. The first kappa shape index (κ1) is 20.3. The minimum atomic E-state index is -0.275. The molecule has 1 amide bonds. The molecule has 1 heterocycles. The van der Waals surface area contributed by atoms with Crippen LogP contribution in [0.3, 0.4) is 0 Å². The van der Waals surface area contributed by atoms with E-state index >= 15 is 0 Å². The Balaban J connectivity index is 1.71. The van der Waals surface area contributed by atoms with Crippen LogP contribution in [0.1, 0.15) is 19.8 Å². The van der Waals surface area contributed by atoms with E-state index in [1.807, 2.05) is 25.1 Å². The molecule has 1 saturated heterocycles. The lowest BCUT2D eigenvalue weighted by Crippen LogP contribution is -2.50. The highest BCUT2D eigenvalue weighted by molar-refractivity contribution is 6.30. The summed E-state index contributed by atoms with van der Waals surface area (Å²) < 4.78 is 5.85. The van der Waals surface area contributed by atoms with Gasteiger partial charge < -0.3 is 21.1 Å². The summed E-state index contributed by atoms with van der Waals surface area (Å²) in [6.45, 7) is 4.64. The molecule has 0 radical (unpaired) electrons. The lowest BCUT2D eigenvalue weighted by molar-refractivity contribution is -0.119. The maximum Gasteiger partial charge on any atom is 0.231 e. The van der Waals surface area contributed by atoms with Crippen LogP contribution in [0.5, 0.6) is 5.75 Å². The van der Waals surface area contributed by atoms with Crippen LogP contribution >= 0.6 is 11.6 Å². The number of nitrogens with two attached hydrogens (primary N) is 1. The molecule has 0 aliphatic carbocycles. The normalized spacial score (nSPS) is 17.6. The zero-order valence-corrected chi connectivity index (χ0v) is 16.1. The van der Waals surface area contributed by atoms with Crippen LogP contribution in [0.25, 0.3) is 0 Å². The van der Waals surface area contributed by atoms with Crippen molar-refractivity contribution < 1.29 is 9.53 Å². The smallest absolute Gasteiger partial charge is 0.231 e. The topological polar surface area (TPSA) is 92.0 Å². The average Bonchev–Trinajstić information content (AvgIpc) is 2.59. The fourth-order valence-electron chi connectivity index (χ4n) is 2.90. The minimum Gasteiger partial charge on any atom is -0.489 e. The number of aliphatic imine (C=N–C) groups is 1. The van der Waals surface area contributed by atoms with E-state index in [9.17, 15) is 4.79 Å². The highest BCUT2D eigenvalue weighted by atomic mass is 35.5. The van der Waals surface area contributed by atoms with E-state index in [0.29, 0.717) is 24.2 Å². The highest BCUT2D eigenvalue weighted by Gasteiger charge is 2.21. The monoisotopic (exact) mass is 381 g/mol. The summed E-state index contributed by atoms with van der Waals surface area (Å²) in [5.41, 5.74) is 5.25. The van der Waals surface area contributed by atoms with Crippen molar-refractivity contribution in [2.75, 3.05) is 33.2 Å². The number of ether oxygens (including phenoxy) is 1. The second-order valence-electron chi connectivity index (χ2n) is 6.50. The number of amides is 1. The van der Waals surface area contributed by atoms with Gasteiger partial charge in [0.2, 0.25) is 5.91 Å². The summed E-state index contributed by atoms with van der Waals surface area (Å²) in [5.74, 6) is 1.22. The van der Waals surface area contributed by atoms with Gasteiger partial charge in [-0.05, 0) is 38.0 Å². The third kappa shape index (κ3) is 7.09. The van der Waals surface area contributed by atoms with Crippen molar-refractivity contribution in [1.82, 2.24) is 15.5 Å². The number of guanidine groups is 1. The fraction of sp³-hybridized carbons (Fsp3) is 0.556. The van der Waals surface area contributed by atoms with Crippen molar-refractivity contribution in [3.63, 3.8) is 0 Å². The molecule has 1 aromatic rings. The van der Waals surface area contributed by atoms with Crippen molar-refractivity contribution in [3.8, 4) is 5.75 Å². The standard InChI is InChI=1S/C18H28ClN5O2/c1-13(26-16-5-3-4-14(19)10-16)11-22-18(21-2)23-15-6-8-24(9-7-15)12-17(20)25/h3-5,10,13,15H,6-9,11-12H2,1-2H3,(H2,20,25)(H2,21,22,23). The van der Waals surface area contributed by atoms with Gasteiger partial charge in [0.25, 0.3) is 0 Å². The van der Waals surface area contributed by atoms with Crippen LogP contribution < -0.4 is 21.1 Å². The molecular formula is C18H28ClN5O2. The molecule has 1 aromatic carbocycles. The number of nitrogens with one attached hydrogen (secondary N) is 2. The van der Waals surface area contributed by atoms with E-state index in [1.54, 1.807) is 13.1 Å². The van der Waals surface area contributed by atoms with Gasteiger partial charge >= 0.3 is 0 Å². The summed E-state index contributed by atoms with van der Waals surface area (Å²) in [7, 11) is 1.75. The van der Waals surface area contributed by atoms with E-state index in [-0.39, 0.29) is 12.0 Å². The van der Waals surface area contributed by atoms with Crippen LogP contribution in [0.2, 0.25) is 5.02 Å². The maximum atomic E-state index is 11.0. The van der Waals surface area contributed by atoms with Gasteiger partial charge in [-0.3, -0.25) is 14.7 Å². The number of rotatable bonds is 7. The number of likely N-dealkylation sites (tertiary alicyclic amines) is 1. The largest absolute Gasteiger partial charge is 0.489 e. The minimum absolute atomic E-state index is 0.0376. The summed E-state index contributed by atoms with van der Waals surface area (Å²) in [5, 5.41) is 7.37. The zero-order valence-electron chi connectivity index (χ0n) is 15.4. The van der Waals surface area contributed by atoms with E-state index in [0.717, 1.165) is 37.6 Å². The molecule has 8 heteroatoms. The summed E-state index contributed by atoms with van der Waals surface area (Å²) >= 11 is 5.97. The van der Waals surface area contributed by atoms with Crippen molar-refractivity contribution in [2.45, 2.75) is 31.9 Å². The molecule has 4 N–H and O–H groups in total. The van der Waals surface area contributed by atoms with E-state index in [2.05, 4.69) is 20.5 Å². The van der Waals surface area contributed by atoms with Gasteiger partial charge in [-0.1, -0.05) is 17.7 Å². The van der Waals surface area contributed by atoms with Crippen LogP contribution in [0, 0.1) is 0 Å². The number of nitrogens with zero attached hydrogens (tertiary/aromatic N) is 2. The zero-order chi connectivity index (χ0) is 18.9. The molecular weight excluding hydrogens is 354 g/mol. The molecule has 1 aliphatic rings. The summed E-state index contributed by atoms with van der Waals surface area (Å²) in [6.07, 6.45) is 1.86. The van der Waals surface area contributed by atoms with Gasteiger partial charge in [-0.2, -0.15) is 0 Å². The molecule has 1 aliphatic heterocycles. The molecule has 7 nitrogen and oxygen atoms in total. The van der Waals surface area contributed by atoms with Gasteiger partial charge in [0.15, 0.2) is 5.96 Å². The summed E-state index contributed by atoms with van der Waals surface area (Å²) in [4.78, 5) is 17.3. The Labute approximate surface area is 159 Å². The molecule has 1 atom stereocenters. The Morgan fingerprint density at radius 2 is 2.19 bits per heavy atom. The van der Waals surface area contributed by atoms with Gasteiger partial charge in [0.1, 0.15) is 11.9 Å². The van der Waals surface area contributed by atoms with Crippen LogP contribution in [-0.4, -0.2) is 62.1 Å².